The van der Waals surface area contributed by atoms with Crippen LogP contribution in [0.1, 0.15) is 32.0 Å². The van der Waals surface area contributed by atoms with Crippen LogP contribution >= 0.6 is 0 Å². The minimum atomic E-state index is -0.211. The molecule has 1 N–H and O–H groups in total. The second kappa shape index (κ2) is 3.73. The summed E-state index contributed by atoms with van der Waals surface area (Å²) in [6.07, 6.45) is 3.29. The molecule has 1 aliphatic rings. The predicted molar refractivity (Wildman–Crippen MR) is 59.6 cm³/mol. The van der Waals surface area contributed by atoms with Gasteiger partial charge in [0, 0.05) is 17.3 Å². The van der Waals surface area contributed by atoms with Gasteiger partial charge in [0.1, 0.15) is 6.33 Å². The van der Waals surface area contributed by atoms with Crippen molar-refractivity contribution in [1.82, 2.24) is 20.2 Å². The van der Waals surface area contributed by atoms with Crippen molar-refractivity contribution in [2.45, 2.75) is 39.4 Å². The lowest BCUT2D eigenvalue weighted by molar-refractivity contribution is 0.189. The van der Waals surface area contributed by atoms with E-state index >= 15 is 0 Å². The molecule has 16 heavy (non-hydrogen) atoms. The van der Waals surface area contributed by atoms with Gasteiger partial charge < -0.3 is 10.2 Å². The second-order valence-electron chi connectivity index (χ2n) is 5.03. The summed E-state index contributed by atoms with van der Waals surface area (Å²) in [4.78, 5) is 21.7. The van der Waals surface area contributed by atoms with Crippen molar-refractivity contribution in [3.63, 3.8) is 0 Å². The first kappa shape index (κ1) is 10.9. The summed E-state index contributed by atoms with van der Waals surface area (Å²) in [7, 11) is 0. The number of nitrogens with one attached hydrogen (secondary N) is 1. The van der Waals surface area contributed by atoms with Gasteiger partial charge in [-0.2, -0.15) is 0 Å². The Morgan fingerprint density at radius 2 is 2.19 bits per heavy atom. The van der Waals surface area contributed by atoms with Crippen molar-refractivity contribution in [3.8, 4) is 0 Å². The molecule has 1 aromatic rings. The maximum Gasteiger partial charge on any atom is 0.318 e. The van der Waals surface area contributed by atoms with Gasteiger partial charge in [0.05, 0.1) is 18.8 Å². The van der Waals surface area contributed by atoms with Crippen LogP contribution in [0.2, 0.25) is 0 Å². The Balaban J connectivity index is 2.04. The van der Waals surface area contributed by atoms with Gasteiger partial charge in [-0.3, -0.25) is 0 Å². The van der Waals surface area contributed by atoms with Crippen LogP contribution in [0.3, 0.4) is 0 Å². The lowest BCUT2D eigenvalue weighted by Crippen LogP contribution is -2.46. The van der Waals surface area contributed by atoms with Gasteiger partial charge in [-0.1, -0.05) is 0 Å². The van der Waals surface area contributed by atoms with Crippen molar-refractivity contribution in [1.29, 1.82) is 0 Å². The average Bonchev–Trinajstić information content (AvgIpc) is 2.58. The van der Waals surface area contributed by atoms with Gasteiger partial charge in [-0.05, 0) is 20.8 Å². The molecule has 0 fully saturated rings. The number of urea groups is 1. The molecule has 0 unspecified atom stereocenters. The Hall–Kier alpha value is -1.65. The van der Waals surface area contributed by atoms with Crippen LogP contribution < -0.4 is 5.32 Å². The van der Waals surface area contributed by atoms with Gasteiger partial charge >= 0.3 is 6.03 Å². The van der Waals surface area contributed by atoms with Crippen molar-refractivity contribution in [3.05, 3.63) is 23.8 Å². The van der Waals surface area contributed by atoms with E-state index in [1.165, 1.54) is 6.33 Å². The van der Waals surface area contributed by atoms with E-state index in [4.69, 9.17) is 0 Å². The SMILES string of the molecule is CC(C)(C)NC(=O)N1Cc2cncnc2C1. The third-order valence-corrected chi connectivity index (χ3v) is 2.35. The van der Waals surface area contributed by atoms with E-state index in [-0.39, 0.29) is 11.6 Å². The summed E-state index contributed by atoms with van der Waals surface area (Å²) >= 11 is 0. The maximum absolute atomic E-state index is 11.9. The van der Waals surface area contributed by atoms with Gasteiger partial charge in [-0.15, -0.1) is 0 Å². The summed E-state index contributed by atoms with van der Waals surface area (Å²) < 4.78 is 0. The Kier molecular flexibility index (Phi) is 2.53. The molecule has 0 atom stereocenters. The van der Waals surface area contributed by atoms with Crippen LogP contribution in [-0.2, 0) is 13.1 Å². The fourth-order valence-corrected chi connectivity index (χ4v) is 1.64. The van der Waals surface area contributed by atoms with Gasteiger partial charge in [-0.25, -0.2) is 14.8 Å². The zero-order chi connectivity index (χ0) is 11.8. The highest BCUT2D eigenvalue weighted by Gasteiger charge is 2.26. The summed E-state index contributed by atoms with van der Waals surface area (Å²) in [5.74, 6) is 0. The molecule has 0 saturated carbocycles. The number of aromatic nitrogens is 2. The number of carbonyl (C=O) groups excluding carboxylic acids is 1. The number of carbonyl (C=O) groups is 1. The van der Waals surface area contributed by atoms with Gasteiger partial charge in [0.15, 0.2) is 0 Å². The van der Waals surface area contributed by atoms with E-state index in [1.807, 2.05) is 20.8 Å². The fraction of sp³-hybridized carbons (Fsp3) is 0.545. The van der Waals surface area contributed by atoms with Crippen molar-refractivity contribution < 1.29 is 4.79 Å². The normalized spacial score (nSPS) is 14.8. The molecule has 0 aromatic carbocycles. The van der Waals surface area contributed by atoms with Gasteiger partial charge in [0.2, 0.25) is 0 Å². The number of fused-ring (bicyclic) bond motifs is 1. The van der Waals surface area contributed by atoms with Crippen molar-refractivity contribution in [2.75, 3.05) is 0 Å². The molecule has 2 rings (SSSR count). The minimum Gasteiger partial charge on any atom is -0.333 e. The van der Waals surface area contributed by atoms with Crippen LogP contribution in [0.15, 0.2) is 12.5 Å². The molecular weight excluding hydrogens is 204 g/mol. The lowest BCUT2D eigenvalue weighted by atomic mass is 10.1. The van der Waals surface area contributed by atoms with E-state index in [0.717, 1.165) is 11.3 Å². The Morgan fingerprint density at radius 1 is 1.44 bits per heavy atom. The molecule has 5 heteroatoms. The smallest absolute Gasteiger partial charge is 0.318 e. The number of hydrogen-bond acceptors (Lipinski definition) is 3. The van der Waals surface area contributed by atoms with Crippen LogP contribution in [0.5, 0.6) is 0 Å². The first-order valence-electron chi connectivity index (χ1n) is 5.30. The zero-order valence-electron chi connectivity index (χ0n) is 9.82. The molecule has 5 nitrogen and oxygen atoms in total. The average molecular weight is 220 g/mol. The van der Waals surface area contributed by atoms with Gasteiger partial charge in [0.25, 0.3) is 0 Å². The number of nitrogens with zero attached hydrogens (tertiary/aromatic N) is 3. The number of rotatable bonds is 0. The maximum atomic E-state index is 11.9. The third-order valence-electron chi connectivity index (χ3n) is 2.35. The molecule has 0 spiro atoms. The zero-order valence-corrected chi connectivity index (χ0v) is 9.82. The molecule has 1 aliphatic heterocycles. The molecular formula is C11H16N4O. The first-order valence-corrected chi connectivity index (χ1v) is 5.30. The highest BCUT2D eigenvalue weighted by Crippen LogP contribution is 2.19. The van der Waals surface area contributed by atoms with Crippen LogP contribution in [-0.4, -0.2) is 26.4 Å². The molecule has 1 aromatic heterocycles. The molecule has 0 aliphatic carbocycles. The van der Waals surface area contributed by atoms with Crippen LogP contribution in [0.4, 0.5) is 4.79 Å². The van der Waals surface area contributed by atoms with Crippen LogP contribution in [0, 0.1) is 0 Å². The lowest BCUT2D eigenvalue weighted by Gasteiger charge is -2.25. The molecule has 0 radical (unpaired) electrons. The van der Waals surface area contributed by atoms with E-state index in [9.17, 15) is 4.79 Å². The van der Waals surface area contributed by atoms with Crippen molar-refractivity contribution >= 4 is 6.03 Å². The van der Waals surface area contributed by atoms with E-state index < -0.39 is 0 Å². The number of hydrogen-bond donors (Lipinski definition) is 1. The van der Waals surface area contributed by atoms with E-state index in [1.54, 1.807) is 11.1 Å². The summed E-state index contributed by atoms with van der Waals surface area (Å²) in [5, 5.41) is 2.93. The molecule has 2 amide bonds. The fourth-order valence-electron chi connectivity index (χ4n) is 1.64. The Morgan fingerprint density at radius 3 is 2.81 bits per heavy atom. The quantitative estimate of drug-likeness (QED) is 0.717. The Bertz CT molecular complexity index is 386. The molecule has 86 valence electrons. The Labute approximate surface area is 94.9 Å². The predicted octanol–water partition coefficient (Wildman–Crippen LogP) is 1.30. The summed E-state index contributed by atoms with van der Waals surface area (Å²) in [5.41, 5.74) is 1.77. The highest BCUT2D eigenvalue weighted by molar-refractivity contribution is 5.75. The monoisotopic (exact) mass is 220 g/mol. The number of amides is 2. The first-order chi connectivity index (χ1) is 7.46. The molecule has 0 saturated heterocycles. The van der Waals surface area contributed by atoms with E-state index in [2.05, 4.69) is 15.3 Å². The minimum absolute atomic E-state index is 0.0505. The second-order valence-corrected chi connectivity index (χ2v) is 5.03. The molecule has 2 heterocycles. The van der Waals surface area contributed by atoms with E-state index in [0.29, 0.717) is 13.1 Å². The van der Waals surface area contributed by atoms with Crippen LogP contribution in [0.25, 0.3) is 0 Å². The highest BCUT2D eigenvalue weighted by atomic mass is 16.2. The summed E-state index contributed by atoms with van der Waals surface area (Å²) in [6.45, 7) is 7.06. The van der Waals surface area contributed by atoms with Crippen molar-refractivity contribution in [2.24, 2.45) is 0 Å². The third kappa shape index (κ3) is 2.29. The topological polar surface area (TPSA) is 58.1 Å². The standard InChI is InChI=1S/C11H16N4O/c1-11(2,3)14-10(16)15-5-8-4-12-7-13-9(8)6-15/h4,7H,5-6H2,1-3H3,(H,14,16). The summed E-state index contributed by atoms with van der Waals surface area (Å²) in [6, 6.07) is -0.0505. The molecule has 0 bridgehead atoms. The largest absolute Gasteiger partial charge is 0.333 e.